The SMILES string of the molecule is CC(NC1=NCCS1)c1ncon1. The van der Waals surface area contributed by atoms with Crippen molar-refractivity contribution in [2.24, 2.45) is 4.99 Å². The maximum Gasteiger partial charge on any atom is 0.213 e. The van der Waals surface area contributed by atoms with Crippen molar-refractivity contribution >= 4 is 16.9 Å². The van der Waals surface area contributed by atoms with Gasteiger partial charge in [0.1, 0.15) is 0 Å². The van der Waals surface area contributed by atoms with Gasteiger partial charge in [-0.2, -0.15) is 4.98 Å². The molecular weight excluding hydrogens is 188 g/mol. The summed E-state index contributed by atoms with van der Waals surface area (Å²) < 4.78 is 4.65. The van der Waals surface area contributed by atoms with Gasteiger partial charge in [-0.15, -0.1) is 0 Å². The second-order valence-electron chi connectivity index (χ2n) is 2.69. The van der Waals surface area contributed by atoms with Crippen molar-refractivity contribution in [1.82, 2.24) is 15.5 Å². The Morgan fingerprint density at radius 3 is 3.23 bits per heavy atom. The number of nitrogens with one attached hydrogen (secondary N) is 1. The zero-order valence-electron chi connectivity index (χ0n) is 7.23. The van der Waals surface area contributed by atoms with E-state index in [2.05, 4.69) is 25.0 Å². The standard InChI is InChI=1S/C7H10N4OS/c1-5(6-9-4-12-11-6)10-7-8-2-3-13-7/h4-5H,2-3H2,1H3,(H,8,10). The molecule has 0 spiro atoms. The molecule has 0 amide bonds. The Kier molecular flexibility index (Phi) is 2.49. The van der Waals surface area contributed by atoms with E-state index >= 15 is 0 Å². The minimum Gasteiger partial charge on any atom is -0.355 e. The molecule has 1 N–H and O–H groups in total. The van der Waals surface area contributed by atoms with Crippen LogP contribution in [-0.4, -0.2) is 27.6 Å². The second kappa shape index (κ2) is 3.78. The maximum absolute atomic E-state index is 4.65. The third kappa shape index (κ3) is 2.00. The fourth-order valence-corrected chi connectivity index (χ4v) is 1.86. The van der Waals surface area contributed by atoms with Gasteiger partial charge in [-0.3, -0.25) is 4.99 Å². The molecule has 0 fully saturated rings. The molecular formula is C7H10N4OS. The van der Waals surface area contributed by atoms with Crippen LogP contribution < -0.4 is 5.32 Å². The number of aliphatic imine (C=N–C) groups is 1. The molecule has 2 rings (SSSR count). The molecule has 5 nitrogen and oxygen atoms in total. The Morgan fingerprint density at radius 1 is 1.69 bits per heavy atom. The summed E-state index contributed by atoms with van der Waals surface area (Å²) in [5.74, 6) is 1.72. The lowest BCUT2D eigenvalue weighted by Gasteiger charge is -2.09. The van der Waals surface area contributed by atoms with Gasteiger partial charge in [0, 0.05) is 5.75 Å². The molecule has 1 aliphatic heterocycles. The number of amidine groups is 1. The van der Waals surface area contributed by atoms with Gasteiger partial charge >= 0.3 is 0 Å². The van der Waals surface area contributed by atoms with Gasteiger partial charge < -0.3 is 9.84 Å². The smallest absolute Gasteiger partial charge is 0.213 e. The van der Waals surface area contributed by atoms with Crippen LogP contribution in [0.15, 0.2) is 15.9 Å². The Balaban J connectivity index is 1.95. The van der Waals surface area contributed by atoms with Crippen LogP contribution in [0, 0.1) is 0 Å². The molecule has 1 atom stereocenters. The van der Waals surface area contributed by atoms with Gasteiger partial charge in [-0.25, -0.2) is 0 Å². The quantitative estimate of drug-likeness (QED) is 0.762. The van der Waals surface area contributed by atoms with Crippen LogP contribution in [-0.2, 0) is 0 Å². The molecule has 2 heterocycles. The van der Waals surface area contributed by atoms with Crippen molar-refractivity contribution < 1.29 is 4.52 Å². The van der Waals surface area contributed by atoms with E-state index in [-0.39, 0.29) is 6.04 Å². The predicted molar refractivity (Wildman–Crippen MR) is 50.6 cm³/mol. The fraction of sp³-hybridized carbons (Fsp3) is 0.571. The molecule has 0 aliphatic carbocycles. The van der Waals surface area contributed by atoms with Crippen molar-refractivity contribution in [1.29, 1.82) is 0 Å². The van der Waals surface area contributed by atoms with Crippen LogP contribution >= 0.6 is 11.8 Å². The Labute approximate surface area is 80.0 Å². The predicted octanol–water partition coefficient (Wildman–Crippen LogP) is 0.823. The Bertz CT molecular complexity index is 297. The van der Waals surface area contributed by atoms with E-state index in [1.54, 1.807) is 11.8 Å². The summed E-state index contributed by atoms with van der Waals surface area (Å²) in [6.45, 7) is 2.87. The zero-order valence-corrected chi connectivity index (χ0v) is 8.04. The summed E-state index contributed by atoms with van der Waals surface area (Å²) in [6.07, 6.45) is 1.33. The first-order valence-electron chi connectivity index (χ1n) is 4.06. The van der Waals surface area contributed by atoms with Crippen LogP contribution in [0.1, 0.15) is 18.8 Å². The van der Waals surface area contributed by atoms with Gasteiger partial charge in [-0.05, 0) is 6.92 Å². The maximum atomic E-state index is 4.65. The molecule has 0 radical (unpaired) electrons. The first-order valence-corrected chi connectivity index (χ1v) is 5.05. The minimum atomic E-state index is 0.0584. The van der Waals surface area contributed by atoms with Gasteiger partial charge in [0.05, 0.1) is 12.6 Å². The van der Waals surface area contributed by atoms with E-state index in [4.69, 9.17) is 0 Å². The van der Waals surface area contributed by atoms with Crippen LogP contribution in [0.3, 0.4) is 0 Å². The van der Waals surface area contributed by atoms with Crippen LogP contribution in [0.25, 0.3) is 0 Å². The van der Waals surface area contributed by atoms with E-state index in [9.17, 15) is 0 Å². The lowest BCUT2D eigenvalue weighted by molar-refractivity contribution is 0.404. The van der Waals surface area contributed by atoms with E-state index in [0.717, 1.165) is 17.5 Å². The third-order valence-electron chi connectivity index (χ3n) is 1.69. The Hall–Kier alpha value is -1.04. The van der Waals surface area contributed by atoms with Crippen molar-refractivity contribution in [3.8, 4) is 0 Å². The molecule has 0 bridgehead atoms. The lowest BCUT2D eigenvalue weighted by atomic mass is 10.3. The number of nitrogens with zero attached hydrogens (tertiary/aromatic N) is 3. The molecule has 70 valence electrons. The molecule has 1 aromatic rings. The van der Waals surface area contributed by atoms with Crippen LogP contribution in [0.4, 0.5) is 0 Å². The summed E-state index contributed by atoms with van der Waals surface area (Å²) >= 11 is 1.72. The molecule has 1 aliphatic rings. The monoisotopic (exact) mass is 198 g/mol. The highest BCUT2D eigenvalue weighted by molar-refractivity contribution is 8.14. The molecule has 0 saturated carbocycles. The number of hydrogen-bond acceptors (Lipinski definition) is 6. The van der Waals surface area contributed by atoms with E-state index in [1.165, 1.54) is 6.39 Å². The van der Waals surface area contributed by atoms with Crippen LogP contribution in [0.2, 0.25) is 0 Å². The number of aromatic nitrogens is 2. The van der Waals surface area contributed by atoms with E-state index < -0.39 is 0 Å². The van der Waals surface area contributed by atoms with Gasteiger partial charge in [0.2, 0.25) is 6.39 Å². The molecule has 1 aromatic heterocycles. The largest absolute Gasteiger partial charge is 0.355 e. The van der Waals surface area contributed by atoms with Gasteiger partial charge in [0.25, 0.3) is 0 Å². The van der Waals surface area contributed by atoms with E-state index in [0.29, 0.717) is 5.82 Å². The number of hydrogen-bond donors (Lipinski definition) is 1. The van der Waals surface area contributed by atoms with Gasteiger partial charge in [-0.1, -0.05) is 16.9 Å². The normalized spacial score (nSPS) is 18.4. The number of thioether (sulfide) groups is 1. The van der Waals surface area contributed by atoms with Crippen molar-refractivity contribution in [3.63, 3.8) is 0 Å². The molecule has 13 heavy (non-hydrogen) atoms. The Morgan fingerprint density at radius 2 is 2.62 bits per heavy atom. The molecule has 0 aromatic carbocycles. The highest BCUT2D eigenvalue weighted by atomic mass is 32.2. The average Bonchev–Trinajstić information content (AvgIpc) is 2.74. The first-order chi connectivity index (χ1) is 6.36. The highest BCUT2D eigenvalue weighted by Crippen LogP contribution is 2.13. The summed E-state index contributed by atoms with van der Waals surface area (Å²) in [5, 5.41) is 7.92. The summed E-state index contributed by atoms with van der Waals surface area (Å²) in [4.78, 5) is 8.22. The molecule has 0 saturated heterocycles. The highest BCUT2D eigenvalue weighted by Gasteiger charge is 2.14. The second-order valence-corrected chi connectivity index (χ2v) is 3.77. The first kappa shape index (κ1) is 8.55. The summed E-state index contributed by atoms with van der Waals surface area (Å²) in [7, 11) is 0. The lowest BCUT2D eigenvalue weighted by Crippen LogP contribution is -2.23. The van der Waals surface area contributed by atoms with Crippen LogP contribution in [0.5, 0.6) is 0 Å². The average molecular weight is 198 g/mol. The summed E-state index contributed by atoms with van der Waals surface area (Å²) in [5.41, 5.74) is 0. The number of rotatable bonds is 2. The zero-order chi connectivity index (χ0) is 9.10. The summed E-state index contributed by atoms with van der Waals surface area (Å²) in [6, 6.07) is 0.0584. The minimum absolute atomic E-state index is 0.0584. The topological polar surface area (TPSA) is 63.3 Å². The third-order valence-corrected chi connectivity index (χ3v) is 2.60. The van der Waals surface area contributed by atoms with Crippen molar-refractivity contribution in [3.05, 3.63) is 12.2 Å². The van der Waals surface area contributed by atoms with Gasteiger partial charge in [0.15, 0.2) is 11.0 Å². The van der Waals surface area contributed by atoms with Crippen molar-refractivity contribution in [2.45, 2.75) is 13.0 Å². The van der Waals surface area contributed by atoms with Crippen molar-refractivity contribution in [2.75, 3.05) is 12.3 Å². The van der Waals surface area contributed by atoms with E-state index in [1.807, 2.05) is 6.92 Å². The molecule has 6 heteroatoms. The fourth-order valence-electron chi connectivity index (χ4n) is 1.04. The molecule has 1 unspecified atom stereocenters.